The number of nitrogen functional groups attached to an aromatic ring is 1. The maximum atomic E-state index is 6.22. The maximum Gasteiger partial charge on any atom is 0.199 e. The van der Waals surface area contributed by atoms with Gasteiger partial charge >= 0.3 is 0 Å². The minimum atomic E-state index is 0.182. The molecule has 0 bridgehead atoms. The van der Waals surface area contributed by atoms with Gasteiger partial charge in [0.05, 0.1) is 12.4 Å². The van der Waals surface area contributed by atoms with Crippen LogP contribution >= 0.6 is 0 Å². The smallest absolute Gasteiger partial charge is 0.199 e. The Labute approximate surface area is 151 Å². The van der Waals surface area contributed by atoms with Crippen LogP contribution in [0.15, 0.2) is 17.0 Å². The number of fused-ring (bicyclic) bond motifs is 1. The van der Waals surface area contributed by atoms with E-state index in [0.29, 0.717) is 18.1 Å². The Morgan fingerprint density at radius 2 is 2.04 bits per heavy atom. The van der Waals surface area contributed by atoms with Crippen LogP contribution in [0.1, 0.15) is 33.6 Å². The molecule has 0 radical (unpaired) electrons. The molecule has 4 rings (SSSR count). The summed E-state index contributed by atoms with van der Waals surface area (Å²) in [5.74, 6) is 1.55. The van der Waals surface area contributed by atoms with Crippen molar-refractivity contribution in [3.8, 4) is 17.3 Å². The predicted octanol–water partition coefficient (Wildman–Crippen LogP) is 2.24. The number of nitrogens with two attached hydrogens (primary N) is 1. The second-order valence-corrected chi connectivity index (χ2v) is 5.75. The fourth-order valence-corrected chi connectivity index (χ4v) is 3.08. The summed E-state index contributed by atoms with van der Waals surface area (Å²) in [5.41, 5.74) is 7.89. The Morgan fingerprint density at radius 3 is 2.69 bits per heavy atom. The predicted molar refractivity (Wildman–Crippen MR) is 98.8 cm³/mol. The molecular weight excluding hydrogens is 334 g/mol. The molecule has 1 fully saturated rings. The van der Waals surface area contributed by atoms with Crippen LogP contribution in [-0.4, -0.2) is 44.0 Å². The first-order valence-electron chi connectivity index (χ1n) is 9.08. The fourth-order valence-electron chi connectivity index (χ4n) is 3.08. The first-order chi connectivity index (χ1) is 12.8. The molecule has 3 aromatic rings. The van der Waals surface area contributed by atoms with E-state index < -0.39 is 0 Å². The van der Waals surface area contributed by atoms with Gasteiger partial charge in [-0.25, -0.2) is 9.61 Å². The van der Waals surface area contributed by atoms with Crippen molar-refractivity contribution in [2.75, 3.05) is 18.8 Å². The van der Waals surface area contributed by atoms with Gasteiger partial charge in [-0.15, -0.1) is 0 Å². The van der Waals surface area contributed by atoms with Crippen molar-refractivity contribution < 1.29 is 9.37 Å². The SMILES string of the molecule is CC.CCn1c(-c2nonc2N)nc2cncc(OC3CCNCC3)c21. The third kappa shape index (κ3) is 3.34. The highest BCUT2D eigenvalue weighted by atomic mass is 16.6. The van der Waals surface area contributed by atoms with Crippen LogP contribution in [0, 0.1) is 0 Å². The van der Waals surface area contributed by atoms with Gasteiger partial charge in [0.15, 0.2) is 23.1 Å². The number of nitrogens with one attached hydrogen (secondary N) is 1. The number of pyridine rings is 1. The van der Waals surface area contributed by atoms with Crippen LogP contribution in [0.3, 0.4) is 0 Å². The lowest BCUT2D eigenvalue weighted by Crippen LogP contribution is -2.34. The van der Waals surface area contributed by atoms with E-state index >= 15 is 0 Å². The topological polar surface area (TPSA) is 117 Å². The molecule has 1 saturated heterocycles. The number of aromatic nitrogens is 5. The standard InChI is InChI=1S/C15H19N7O2.C2H6/c1-2-22-13-10(19-15(22)12-14(16)21-24-20-12)7-18-8-11(13)23-9-3-5-17-6-4-9;1-2/h7-9,17H,2-6H2,1H3,(H2,16,21);1-2H3. The first kappa shape index (κ1) is 18.1. The minimum Gasteiger partial charge on any atom is -0.486 e. The van der Waals surface area contributed by atoms with Crippen molar-refractivity contribution >= 4 is 16.9 Å². The van der Waals surface area contributed by atoms with Crippen molar-refractivity contribution in [1.29, 1.82) is 0 Å². The summed E-state index contributed by atoms with van der Waals surface area (Å²) in [6.45, 7) is 8.65. The van der Waals surface area contributed by atoms with Crippen LogP contribution in [-0.2, 0) is 6.54 Å². The minimum absolute atomic E-state index is 0.182. The van der Waals surface area contributed by atoms with Crippen molar-refractivity contribution in [3.05, 3.63) is 12.4 Å². The average molecular weight is 359 g/mol. The first-order valence-corrected chi connectivity index (χ1v) is 9.08. The molecule has 0 saturated carbocycles. The van der Waals surface area contributed by atoms with Crippen molar-refractivity contribution in [1.82, 2.24) is 30.2 Å². The van der Waals surface area contributed by atoms with Gasteiger partial charge in [-0.3, -0.25) is 4.98 Å². The van der Waals surface area contributed by atoms with Crippen LogP contribution in [0.2, 0.25) is 0 Å². The number of piperidine rings is 1. The lowest BCUT2D eigenvalue weighted by Gasteiger charge is -2.24. The van der Waals surface area contributed by atoms with Gasteiger partial charge in [0, 0.05) is 6.54 Å². The highest BCUT2D eigenvalue weighted by Gasteiger charge is 2.22. The zero-order valence-corrected chi connectivity index (χ0v) is 15.4. The number of aryl methyl sites for hydroxylation is 1. The molecule has 1 aliphatic heterocycles. The lowest BCUT2D eigenvalue weighted by atomic mass is 10.1. The Bertz CT molecular complexity index is 852. The summed E-state index contributed by atoms with van der Waals surface area (Å²) in [6, 6.07) is 0. The number of ether oxygens (including phenoxy) is 1. The molecule has 4 heterocycles. The van der Waals surface area contributed by atoms with Gasteiger partial charge in [0.1, 0.15) is 17.1 Å². The van der Waals surface area contributed by atoms with E-state index in [2.05, 4.69) is 25.6 Å². The molecule has 140 valence electrons. The van der Waals surface area contributed by atoms with Gasteiger partial charge in [0.2, 0.25) is 0 Å². The summed E-state index contributed by atoms with van der Waals surface area (Å²) >= 11 is 0. The molecule has 0 aliphatic carbocycles. The number of anilines is 1. The van der Waals surface area contributed by atoms with Crippen LogP contribution in [0.25, 0.3) is 22.6 Å². The monoisotopic (exact) mass is 359 g/mol. The molecule has 0 atom stereocenters. The van der Waals surface area contributed by atoms with E-state index in [1.807, 2.05) is 25.3 Å². The number of hydrogen-bond acceptors (Lipinski definition) is 8. The fraction of sp³-hybridized carbons (Fsp3) is 0.529. The van der Waals surface area contributed by atoms with Crippen LogP contribution < -0.4 is 15.8 Å². The lowest BCUT2D eigenvalue weighted by molar-refractivity contribution is 0.163. The number of rotatable bonds is 4. The summed E-state index contributed by atoms with van der Waals surface area (Å²) in [6.07, 6.45) is 5.59. The van der Waals surface area contributed by atoms with Crippen molar-refractivity contribution in [3.63, 3.8) is 0 Å². The summed E-state index contributed by atoms with van der Waals surface area (Å²) < 4.78 is 12.9. The Morgan fingerprint density at radius 1 is 1.27 bits per heavy atom. The molecule has 3 N–H and O–H groups in total. The van der Waals surface area contributed by atoms with Crippen molar-refractivity contribution in [2.24, 2.45) is 0 Å². The largest absolute Gasteiger partial charge is 0.486 e. The average Bonchev–Trinajstić information content (AvgIpc) is 3.27. The molecule has 0 aromatic carbocycles. The van der Waals surface area contributed by atoms with E-state index in [1.54, 1.807) is 12.4 Å². The van der Waals surface area contributed by atoms with E-state index in [0.717, 1.165) is 42.7 Å². The summed E-state index contributed by atoms with van der Waals surface area (Å²) in [7, 11) is 0. The summed E-state index contributed by atoms with van der Waals surface area (Å²) in [4.78, 5) is 8.87. The van der Waals surface area contributed by atoms with E-state index in [1.165, 1.54) is 0 Å². The highest BCUT2D eigenvalue weighted by Crippen LogP contribution is 2.32. The molecule has 26 heavy (non-hydrogen) atoms. The maximum absolute atomic E-state index is 6.22. The Hall–Kier alpha value is -2.68. The zero-order chi connectivity index (χ0) is 18.5. The van der Waals surface area contributed by atoms with Gasteiger partial charge in [-0.1, -0.05) is 13.8 Å². The molecule has 3 aromatic heterocycles. The van der Waals surface area contributed by atoms with Gasteiger partial charge in [0.25, 0.3) is 0 Å². The molecule has 1 aliphatic rings. The third-order valence-corrected chi connectivity index (χ3v) is 4.24. The van der Waals surface area contributed by atoms with Crippen molar-refractivity contribution in [2.45, 2.75) is 46.3 Å². The van der Waals surface area contributed by atoms with Gasteiger partial charge in [-0.05, 0) is 43.2 Å². The number of hydrogen-bond donors (Lipinski definition) is 2. The molecule has 0 unspecified atom stereocenters. The van der Waals surface area contributed by atoms with E-state index in [4.69, 9.17) is 15.1 Å². The van der Waals surface area contributed by atoms with E-state index in [-0.39, 0.29) is 11.9 Å². The third-order valence-electron chi connectivity index (χ3n) is 4.24. The number of nitrogens with zero attached hydrogens (tertiary/aromatic N) is 5. The molecular formula is C17H25N7O2. The zero-order valence-electron chi connectivity index (χ0n) is 15.4. The highest BCUT2D eigenvalue weighted by molar-refractivity contribution is 5.85. The molecule has 0 spiro atoms. The van der Waals surface area contributed by atoms with Gasteiger partial charge in [-0.2, -0.15) is 0 Å². The second kappa shape index (κ2) is 8.13. The Kier molecular flexibility index (Phi) is 5.67. The van der Waals surface area contributed by atoms with Gasteiger partial charge < -0.3 is 20.4 Å². The van der Waals surface area contributed by atoms with Crippen LogP contribution in [0.5, 0.6) is 5.75 Å². The molecule has 9 heteroatoms. The Balaban J connectivity index is 0.000000948. The quantitative estimate of drug-likeness (QED) is 0.728. The summed E-state index contributed by atoms with van der Waals surface area (Å²) in [5, 5.41) is 10.8. The normalized spacial score (nSPS) is 14.9. The molecule has 0 amide bonds. The second-order valence-electron chi connectivity index (χ2n) is 5.75. The van der Waals surface area contributed by atoms with Crippen LogP contribution in [0.4, 0.5) is 5.82 Å². The molecule has 9 nitrogen and oxygen atoms in total. The number of imidazole rings is 1. The van der Waals surface area contributed by atoms with E-state index in [9.17, 15) is 0 Å².